The molecule has 0 unspecified atom stereocenters. The van der Waals surface area contributed by atoms with E-state index in [0.717, 1.165) is 0 Å². The van der Waals surface area contributed by atoms with Crippen molar-refractivity contribution in [2.75, 3.05) is 19.0 Å². The number of hydrogen-bond donors (Lipinski definition) is 1. The lowest BCUT2D eigenvalue weighted by molar-refractivity contribution is -0.136. The van der Waals surface area contributed by atoms with Gasteiger partial charge >= 0.3 is 5.97 Å². The van der Waals surface area contributed by atoms with E-state index in [9.17, 15) is 9.59 Å². The molecule has 0 spiro atoms. The van der Waals surface area contributed by atoms with Gasteiger partial charge in [-0.2, -0.15) is 0 Å². The molecule has 15 heavy (non-hydrogen) atoms. The quantitative estimate of drug-likeness (QED) is 0.727. The smallest absolute Gasteiger partial charge is 0.311 e. The number of hydrogen-bond acceptors (Lipinski definition) is 4. The Balaban J connectivity index is 3.25. The van der Waals surface area contributed by atoms with E-state index in [1.165, 1.54) is 17.7 Å². The first-order chi connectivity index (χ1) is 6.91. The molecule has 6 heteroatoms. The highest BCUT2D eigenvalue weighted by atomic mass is 16.4. The van der Waals surface area contributed by atoms with Gasteiger partial charge in [-0.15, -0.1) is 0 Å². The number of aliphatic carboxylic acids is 1. The molecule has 0 bridgehead atoms. The number of carboxylic acids is 1. The maximum atomic E-state index is 11.4. The van der Waals surface area contributed by atoms with Crippen molar-refractivity contribution < 1.29 is 9.90 Å². The highest BCUT2D eigenvalue weighted by Crippen LogP contribution is 2.04. The number of carbonyl (C=O) groups is 1. The van der Waals surface area contributed by atoms with Crippen LogP contribution in [0.4, 0.5) is 5.82 Å². The van der Waals surface area contributed by atoms with E-state index >= 15 is 0 Å². The Hall–Kier alpha value is -1.85. The van der Waals surface area contributed by atoms with E-state index in [1.54, 1.807) is 19.0 Å². The minimum absolute atomic E-state index is 0.249. The third-order valence-corrected chi connectivity index (χ3v) is 1.98. The Morgan fingerprint density at radius 1 is 1.60 bits per heavy atom. The fourth-order valence-corrected chi connectivity index (χ4v) is 1.10. The van der Waals surface area contributed by atoms with Gasteiger partial charge in [0.25, 0.3) is 5.56 Å². The van der Waals surface area contributed by atoms with Gasteiger partial charge in [0.2, 0.25) is 0 Å². The van der Waals surface area contributed by atoms with Crippen LogP contribution >= 0.6 is 0 Å². The van der Waals surface area contributed by atoms with Crippen molar-refractivity contribution in [3.05, 3.63) is 22.2 Å². The molecule has 1 rings (SSSR count). The van der Waals surface area contributed by atoms with Crippen molar-refractivity contribution >= 4 is 11.8 Å². The summed E-state index contributed by atoms with van der Waals surface area (Å²) in [6.07, 6.45) is -0.257. The molecule has 0 aromatic carbocycles. The largest absolute Gasteiger partial charge is 0.481 e. The van der Waals surface area contributed by atoms with Crippen molar-refractivity contribution in [3.63, 3.8) is 0 Å². The summed E-state index contributed by atoms with van der Waals surface area (Å²) in [6.45, 7) is 0. The number of nitrogens with zero attached hydrogens (tertiary/aromatic N) is 3. The molecule has 0 saturated heterocycles. The Morgan fingerprint density at radius 2 is 2.20 bits per heavy atom. The topological polar surface area (TPSA) is 75.4 Å². The molecule has 1 aromatic rings. The molecule has 0 aliphatic carbocycles. The van der Waals surface area contributed by atoms with Gasteiger partial charge in [-0.3, -0.25) is 14.2 Å². The van der Waals surface area contributed by atoms with E-state index in [-0.39, 0.29) is 17.8 Å². The second kappa shape index (κ2) is 4.12. The molecule has 0 fully saturated rings. The van der Waals surface area contributed by atoms with Gasteiger partial charge in [0, 0.05) is 27.2 Å². The standard InChI is InChI=1S/C9H13N3O3/c1-11(2)6-4-8(13)12(3)7(10-6)5-9(14)15/h4H,5H2,1-3H3,(H,14,15). The van der Waals surface area contributed by atoms with Gasteiger partial charge in [0.15, 0.2) is 0 Å². The summed E-state index contributed by atoms with van der Waals surface area (Å²) in [5.41, 5.74) is -0.259. The predicted octanol–water partition coefficient (Wildman–Crippen LogP) is -0.527. The van der Waals surface area contributed by atoms with Crippen LogP contribution in [0.2, 0.25) is 0 Å². The van der Waals surface area contributed by atoms with Crippen LogP contribution in [0.5, 0.6) is 0 Å². The molecule has 0 amide bonds. The van der Waals surface area contributed by atoms with Crippen LogP contribution in [0.3, 0.4) is 0 Å². The molecule has 0 radical (unpaired) electrons. The molecule has 0 saturated carbocycles. The zero-order chi connectivity index (χ0) is 11.6. The van der Waals surface area contributed by atoms with Gasteiger partial charge < -0.3 is 10.0 Å². The first kappa shape index (κ1) is 11.2. The minimum atomic E-state index is -1.01. The molecule has 0 atom stereocenters. The zero-order valence-corrected chi connectivity index (χ0v) is 8.89. The second-order valence-corrected chi connectivity index (χ2v) is 3.39. The van der Waals surface area contributed by atoms with Gasteiger partial charge in [-0.25, -0.2) is 4.98 Å². The second-order valence-electron chi connectivity index (χ2n) is 3.39. The Morgan fingerprint density at radius 3 is 2.67 bits per heavy atom. The van der Waals surface area contributed by atoms with Crippen LogP contribution in [0.25, 0.3) is 0 Å². The highest BCUT2D eigenvalue weighted by molar-refractivity contribution is 5.69. The third-order valence-electron chi connectivity index (χ3n) is 1.98. The van der Waals surface area contributed by atoms with Crippen LogP contribution in [0.15, 0.2) is 10.9 Å². The summed E-state index contributed by atoms with van der Waals surface area (Å²) < 4.78 is 1.24. The van der Waals surface area contributed by atoms with Crippen molar-refractivity contribution in [1.82, 2.24) is 9.55 Å². The van der Waals surface area contributed by atoms with Gasteiger partial charge in [-0.1, -0.05) is 0 Å². The summed E-state index contributed by atoms with van der Waals surface area (Å²) in [7, 11) is 4.99. The lowest BCUT2D eigenvalue weighted by Crippen LogP contribution is -2.26. The van der Waals surface area contributed by atoms with E-state index in [4.69, 9.17) is 5.11 Å². The van der Waals surface area contributed by atoms with Gasteiger partial charge in [-0.05, 0) is 0 Å². The average molecular weight is 211 g/mol. The Bertz CT molecular complexity index is 437. The monoisotopic (exact) mass is 211 g/mol. The van der Waals surface area contributed by atoms with Crippen LogP contribution in [0, 0.1) is 0 Å². The molecular weight excluding hydrogens is 198 g/mol. The molecule has 1 aromatic heterocycles. The van der Waals surface area contributed by atoms with E-state index < -0.39 is 5.97 Å². The normalized spacial score (nSPS) is 10.1. The first-order valence-corrected chi connectivity index (χ1v) is 4.38. The van der Waals surface area contributed by atoms with Gasteiger partial charge in [0.05, 0.1) is 0 Å². The van der Waals surface area contributed by atoms with E-state index in [1.807, 2.05) is 0 Å². The van der Waals surface area contributed by atoms with Crippen LogP contribution in [-0.2, 0) is 18.3 Å². The number of anilines is 1. The molecule has 6 nitrogen and oxygen atoms in total. The minimum Gasteiger partial charge on any atom is -0.481 e. The van der Waals surface area contributed by atoms with Crippen molar-refractivity contribution in [3.8, 4) is 0 Å². The summed E-state index contributed by atoms with van der Waals surface area (Å²) in [4.78, 5) is 27.7. The predicted molar refractivity (Wildman–Crippen MR) is 55.1 cm³/mol. The van der Waals surface area contributed by atoms with Crippen molar-refractivity contribution in [1.29, 1.82) is 0 Å². The number of rotatable bonds is 3. The fraction of sp³-hybridized carbons (Fsp3) is 0.444. The molecular formula is C9H13N3O3. The summed E-state index contributed by atoms with van der Waals surface area (Å²) in [6, 6.07) is 1.37. The first-order valence-electron chi connectivity index (χ1n) is 4.38. The summed E-state index contributed by atoms with van der Waals surface area (Å²) in [5, 5.41) is 8.64. The lowest BCUT2D eigenvalue weighted by atomic mass is 10.4. The van der Waals surface area contributed by atoms with Crippen LogP contribution in [0.1, 0.15) is 5.82 Å². The molecule has 0 aliphatic rings. The number of carboxylic acid groups (broad SMARTS) is 1. The SMILES string of the molecule is CN(C)c1cc(=O)n(C)c(CC(=O)O)n1. The van der Waals surface area contributed by atoms with Gasteiger partial charge in [0.1, 0.15) is 18.1 Å². The van der Waals surface area contributed by atoms with E-state index in [2.05, 4.69) is 4.98 Å². The summed E-state index contributed by atoms with van der Waals surface area (Å²) >= 11 is 0. The Kier molecular flexibility index (Phi) is 3.08. The summed E-state index contributed by atoms with van der Waals surface area (Å²) in [5.74, 6) is -0.290. The zero-order valence-electron chi connectivity index (χ0n) is 8.89. The van der Waals surface area contributed by atoms with Crippen LogP contribution < -0.4 is 10.5 Å². The molecule has 0 aliphatic heterocycles. The highest BCUT2D eigenvalue weighted by Gasteiger charge is 2.10. The molecule has 82 valence electrons. The average Bonchev–Trinajstić information content (AvgIpc) is 2.11. The van der Waals surface area contributed by atoms with Crippen LogP contribution in [-0.4, -0.2) is 34.7 Å². The Labute approximate surface area is 86.8 Å². The lowest BCUT2D eigenvalue weighted by Gasteiger charge is -2.13. The third kappa shape index (κ3) is 2.55. The maximum absolute atomic E-state index is 11.4. The number of aromatic nitrogens is 2. The van der Waals surface area contributed by atoms with E-state index in [0.29, 0.717) is 5.82 Å². The molecule has 1 N–H and O–H groups in total. The van der Waals surface area contributed by atoms with Crippen molar-refractivity contribution in [2.24, 2.45) is 7.05 Å². The fourth-order valence-electron chi connectivity index (χ4n) is 1.10. The van der Waals surface area contributed by atoms with Crippen molar-refractivity contribution in [2.45, 2.75) is 6.42 Å². The molecule has 1 heterocycles. The maximum Gasteiger partial charge on any atom is 0.311 e.